The van der Waals surface area contributed by atoms with Gasteiger partial charge in [0.05, 0.1) is 4.90 Å². The van der Waals surface area contributed by atoms with Gasteiger partial charge in [-0.2, -0.15) is 4.31 Å². The fraction of sp³-hybridized carbons (Fsp3) is 0.381. The summed E-state index contributed by atoms with van der Waals surface area (Å²) in [7, 11) is -3.83. The van der Waals surface area contributed by atoms with Gasteiger partial charge in [-0.3, -0.25) is 4.79 Å². The maximum absolute atomic E-state index is 13.3. The number of hydrogen-bond donors (Lipinski definition) is 1. The summed E-state index contributed by atoms with van der Waals surface area (Å²) in [5.74, 6) is -0.187. The van der Waals surface area contributed by atoms with Crippen LogP contribution in [-0.4, -0.2) is 31.7 Å². The van der Waals surface area contributed by atoms with E-state index in [9.17, 15) is 13.2 Å². The Labute approximate surface area is 183 Å². The van der Waals surface area contributed by atoms with Gasteiger partial charge in [0.2, 0.25) is 15.9 Å². The molecular weight excluding hydrogens is 431 g/mol. The molecule has 0 aliphatic carbocycles. The molecule has 5 nitrogen and oxygen atoms in total. The lowest BCUT2D eigenvalue weighted by Crippen LogP contribution is -2.35. The van der Waals surface area contributed by atoms with E-state index in [-0.39, 0.29) is 30.3 Å². The van der Waals surface area contributed by atoms with Crippen LogP contribution < -0.4 is 5.32 Å². The van der Waals surface area contributed by atoms with E-state index in [1.807, 2.05) is 13.8 Å². The summed E-state index contributed by atoms with van der Waals surface area (Å²) in [5.41, 5.74) is 1.47. The third-order valence-electron chi connectivity index (χ3n) is 4.50. The predicted octanol–water partition coefficient (Wildman–Crippen LogP) is 4.80. The number of nitrogens with zero attached hydrogens (tertiary/aromatic N) is 1. The Hall–Kier alpha value is -1.60. The topological polar surface area (TPSA) is 66.5 Å². The monoisotopic (exact) mass is 456 g/mol. The van der Waals surface area contributed by atoms with Gasteiger partial charge in [-0.25, -0.2) is 8.42 Å². The van der Waals surface area contributed by atoms with Gasteiger partial charge in [0.15, 0.2) is 0 Å². The molecule has 0 unspecified atom stereocenters. The molecule has 0 aliphatic heterocycles. The molecular formula is C21H26Cl2N2O3S. The highest BCUT2D eigenvalue weighted by Crippen LogP contribution is 2.28. The first-order valence-corrected chi connectivity index (χ1v) is 11.7. The molecule has 29 heavy (non-hydrogen) atoms. The van der Waals surface area contributed by atoms with Crippen molar-refractivity contribution in [2.75, 3.05) is 13.1 Å². The first-order chi connectivity index (χ1) is 13.8. The van der Waals surface area contributed by atoms with Crippen molar-refractivity contribution in [1.82, 2.24) is 9.62 Å². The molecule has 1 amide bonds. The van der Waals surface area contributed by atoms with Crippen LogP contribution in [0.2, 0.25) is 10.0 Å². The smallest absolute Gasteiger partial charge is 0.243 e. The van der Waals surface area contributed by atoms with Crippen LogP contribution in [0, 0.1) is 6.92 Å². The minimum Gasteiger partial charge on any atom is -0.356 e. The van der Waals surface area contributed by atoms with Gasteiger partial charge in [0.25, 0.3) is 0 Å². The van der Waals surface area contributed by atoms with Crippen molar-refractivity contribution in [3.63, 3.8) is 0 Å². The second kappa shape index (κ2) is 11.0. The van der Waals surface area contributed by atoms with Gasteiger partial charge in [-0.05, 0) is 37.6 Å². The van der Waals surface area contributed by atoms with Gasteiger partial charge < -0.3 is 5.32 Å². The molecule has 0 spiro atoms. The van der Waals surface area contributed by atoms with E-state index in [0.29, 0.717) is 22.2 Å². The van der Waals surface area contributed by atoms with Gasteiger partial charge in [0.1, 0.15) is 0 Å². The number of benzene rings is 2. The third-order valence-corrected chi connectivity index (χ3v) is 7.06. The van der Waals surface area contributed by atoms with Crippen LogP contribution in [0.5, 0.6) is 0 Å². The van der Waals surface area contributed by atoms with Crippen molar-refractivity contribution in [3.05, 3.63) is 63.6 Å². The van der Waals surface area contributed by atoms with Crippen molar-refractivity contribution in [3.8, 4) is 0 Å². The molecule has 0 heterocycles. The highest BCUT2D eigenvalue weighted by Gasteiger charge is 2.26. The fourth-order valence-corrected chi connectivity index (χ4v) is 4.65. The quantitative estimate of drug-likeness (QED) is 0.522. The number of aryl methyl sites for hydroxylation is 1. The lowest BCUT2D eigenvalue weighted by molar-refractivity contribution is -0.121. The Kier molecular flexibility index (Phi) is 8.96. The molecule has 0 atom stereocenters. The maximum Gasteiger partial charge on any atom is 0.243 e. The molecule has 0 fully saturated rings. The van der Waals surface area contributed by atoms with E-state index in [0.717, 1.165) is 18.4 Å². The predicted molar refractivity (Wildman–Crippen MR) is 118 cm³/mol. The Balaban J connectivity index is 2.27. The van der Waals surface area contributed by atoms with E-state index in [1.54, 1.807) is 42.5 Å². The highest BCUT2D eigenvalue weighted by molar-refractivity contribution is 7.89. The van der Waals surface area contributed by atoms with Crippen molar-refractivity contribution in [2.45, 2.75) is 44.6 Å². The molecule has 0 aromatic heterocycles. The molecule has 1 N–H and O–H groups in total. The zero-order chi connectivity index (χ0) is 21.4. The summed E-state index contributed by atoms with van der Waals surface area (Å²) >= 11 is 12.5. The van der Waals surface area contributed by atoms with E-state index >= 15 is 0 Å². The van der Waals surface area contributed by atoms with Crippen LogP contribution in [0.3, 0.4) is 0 Å². The zero-order valence-corrected chi connectivity index (χ0v) is 18.9. The Morgan fingerprint density at radius 2 is 1.69 bits per heavy atom. The Morgan fingerprint density at radius 3 is 2.28 bits per heavy atom. The van der Waals surface area contributed by atoms with Gasteiger partial charge >= 0.3 is 0 Å². The number of amides is 1. The lowest BCUT2D eigenvalue weighted by Gasteiger charge is -2.23. The van der Waals surface area contributed by atoms with Crippen LogP contribution in [0.4, 0.5) is 0 Å². The van der Waals surface area contributed by atoms with Gasteiger partial charge in [-0.1, -0.05) is 60.3 Å². The average molecular weight is 457 g/mol. The van der Waals surface area contributed by atoms with Crippen molar-refractivity contribution in [1.29, 1.82) is 0 Å². The first kappa shape index (κ1) is 23.7. The number of carbonyl (C=O) groups excluding carboxylic acids is 1. The summed E-state index contributed by atoms with van der Waals surface area (Å²) in [6.45, 7) is 4.51. The summed E-state index contributed by atoms with van der Waals surface area (Å²) in [6.07, 6.45) is 1.91. The number of sulfonamides is 1. The Morgan fingerprint density at radius 1 is 1.07 bits per heavy atom. The highest BCUT2D eigenvalue weighted by atomic mass is 35.5. The normalized spacial score (nSPS) is 11.6. The third kappa shape index (κ3) is 6.71. The molecule has 2 rings (SSSR count). The van der Waals surface area contributed by atoms with E-state index < -0.39 is 10.0 Å². The lowest BCUT2D eigenvalue weighted by atomic mass is 10.2. The second-order valence-corrected chi connectivity index (χ2v) is 9.56. The number of halogens is 2. The summed E-state index contributed by atoms with van der Waals surface area (Å²) in [4.78, 5) is 12.3. The number of rotatable bonds is 10. The minimum atomic E-state index is -3.83. The van der Waals surface area contributed by atoms with E-state index in [1.165, 1.54) is 4.31 Å². The van der Waals surface area contributed by atoms with Gasteiger partial charge in [-0.15, -0.1) is 0 Å². The van der Waals surface area contributed by atoms with E-state index in [4.69, 9.17) is 23.2 Å². The summed E-state index contributed by atoms with van der Waals surface area (Å²) in [5, 5.41) is 3.58. The van der Waals surface area contributed by atoms with Crippen LogP contribution >= 0.6 is 23.2 Å². The first-order valence-electron chi connectivity index (χ1n) is 9.52. The average Bonchev–Trinajstić information content (AvgIpc) is 2.67. The number of carbonyl (C=O) groups is 1. The molecule has 0 radical (unpaired) electrons. The molecule has 0 saturated carbocycles. The molecule has 0 saturated heterocycles. The number of hydrogen-bond acceptors (Lipinski definition) is 3. The molecule has 0 aliphatic rings. The van der Waals surface area contributed by atoms with Crippen LogP contribution in [0.1, 0.15) is 37.3 Å². The molecule has 2 aromatic carbocycles. The molecule has 158 valence electrons. The minimum absolute atomic E-state index is 0.0169. The SMILES string of the molecule is CCCCNC(=O)CCN(Cc1c(Cl)cccc1Cl)S(=O)(=O)c1ccc(C)cc1. The zero-order valence-electron chi connectivity index (χ0n) is 16.6. The van der Waals surface area contributed by atoms with Crippen molar-refractivity contribution < 1.29 is 13.2 Å². The van der Waals surface area contributed by atoms with Crippen LogP contribution in [0.25, 0.3) is 0 Å². The molecule has 2 aromatic rings. The maximum atomic E-state index is 13.3. The number of nitrogens with one attached hydrogen (secondary N) is 1. The van der Waals surface area contributed by atoms with Gasteiger partial charge in [0, 0.05) is 41.7 Å². The standard InChI is InChI=1S/C21H26Cl2N2O3S/c1-3-4-13-24-21(26)12-14-25(15-18-19(22)6-5-7-20(18)23)29(27,28)17-10-8-16(2)9-11-17/h5-11H,3-4,12-15H2,1-2H3,(H,24,26). The fourth-order valence-electron chi connectivity index (χ4n) is 2.72. The van der Waals surface area contributed by atoms with Crippen molar-refractivity contribution in [2.24, 2.45) is 0 Å². The molecule has 0 bridgehead atoms. The molecule has 8 heteroatoms. The Bertz CT molecular complexity index is 911. The van der Waals surface area contributed by atoms with Crippen molar-refractivity contribution >= 4 is 39.1 Å². The van der Waals surface area contributed by atoms with Crippen LogP contribution in [0.15, 0.2) is 47.4 Å². The largest absolute Gasteiger partial charge is 0.356 e. The number of unbranched alkanes of at least 4 members (excludes halogenated alkanes) is 1. The van der Waals surface area contributed by atoms with Crippen LogP contribution in [-0.2, 0) is 21.4 Å². The van der Waals surface area contributed by atoms with E-state index in [2.05, 4.69) is 5.32 Å². The summed E-state index contributed by atoms with van der Waals surface area (Å²) in [6, 6.07) is 11.6. The summed E-state index contributed by atoms with van der Waals surface area (Å²) < 4.78 is 27.8. The second-order valence-electron chi connectivity index (χ2n) is 6.81.